The summed E-state index contributed by atoms with van der Waals surface area (Å²) in [7, 11) is -3.51. The Kier molecular flexibility index (Phi) is 5.02. The van der Waals surface area contributed by atoms with Crippen LogP contribution in [0.1, 0.15) is 53.6 Å². The molecule has 0 spiro atoms. The predicted octanol–water partition coefficient (Wildman–Crippen LogP) is 2.85. The average Bonchev–Trinajstić information content (AvgIpc) is 3.21. The molecule has 2 fully saturated rings. The van der Waals surface area contributed by atoms with Gasteiger partial charge in [0.05, 0.1) is 10.6 Å². The summed E-state index contributed by atoms with van der Waals surface area (Å²) >= 11 is 0. The summed E-state index contributed by atoms with van der Waals surface area (Å²) in [5, 5.41) is 7.10. The molecule has 1 N–H and O–H groups in total. The predicted molar refractivity (Wildman–Crippen MR) is 108 cm³/mol. The molecule has 29 heavy (non-hydrogen) atoms. The topological polar surface area (TPSA) is 92.5 Å². The van der Waals surface area contributed by atoms with E-state index in [1.54, 1.807) is 23.4 Å². The summed E-state index contributed by atoms with van der Waals surface area (Å²) in [5.41, 5.74) is 2.19. The fraction of sp³-hybridized carbons (Fsp3) is 0.524. The lowest BCUT2D eigenvalue weighted by Crippen LogP contribution is -2.52. The van der Waals surface area contributed by atoms with Crippen molar-refractivity contribution in [3.05, 3.63) is 46.8 Å². The molecule has 2 heterocycles. The van der Waals surface area contributed by atoms with Crippen molar-refractivity contribution >= 4 is 15.9 Å². The third-order valence-electron chi connectivity index (χ3n) is 6.17. The Morgan fingerprint density at radius 2 is 1.90 bits per heavy atom. The van der Waals surface area contributed by atoms with Crippen molar-refractivity contribution in [2.45, 2.75) is 51.0 Å². The molecule has 0 unspecified atom stereocenters. The van der Waals surface area contributed by atoms with E-state index < -0.39 is 10.0 Å². The summed E-state index contributed by atoms with van der Waals surface area (Å²) in [6.45, 7) is 8.56. The summed E-state index contributed by atoms with van der Waals surface area (Å²) in [6, 6.07) is 6.92. The Bertz CT molecular complexity index is 1030. The molecule has 0 radical (unpaired) electrons. The van der Waals surface area contributed by atoms with E-state index in [0.717, 1.165) is 12.0 Å². The van der Waals surface area contributed by atoms with Crippen molar-refractivity contribution < 1.29 is 17.7 Å². The van der Waals surface area contributed by atoms with Crippen LogP contribution in [0.2, 0.25) is 0 Å². The molecule has 156 valence electrons. The second-order valence-electron chi connectivity index (χ2n) is 8.53. The number of amides is 1. The molecule has 1 saturated heterocycles. The standard InChI is InChI=1S/C21H27N3O4S/c1-12(2)20-19(14(4)28-23-20)21(25)22-18-9-15-10-24(11-17(15)18)29(26,27)16-7-5-13(3)6-8-16/h5-8,12,15,17-18H,9-11H2,1-4H3,(H,22,25)/t15-,17+,18+/m1/s1. The van der Waals surface area contributed by atoms with Crippen molar-refractivity contribution in [3.63, 3.8) is 0 Å². The summed E-state index contributed by atoms with van der Waals surface area (Å²) in [6.07, 6.45) is 0.789. The van der Waals surface area contributed by atoms with Crippen molar-refractivity contribution in [1.29, 1.82) is 0 Å². The number of hydrogen-bond donors (Lipinski definition) is 1. The molecule has 1 aromatic carbocycles. The fourth-order valence-electron chi connectivity index (χ4n) is 4.39. The van der Waals surface area contributed by atoms with E-state index >= 15 is 0 Å². The van der Waals surface area contributed by atoms with Gasteiger partial charge in [-0.3, -0.25) is 4.79 Å². The van der Waals surface area contributed by atoms with E-state index in [1.165, 1.54) is 0 Å². The first-order valence-corrected chi connectivity index (χ1v) is 11.5. The molecule has 1 aromatic heterocycles. The zero-order valence-corrected chi connectivity index (χ0v) is 18.0. The number of fused-ring (bicyclic) bond motifs is 1. The number of benzene rings is 1. The van der Waals surface area contributed by atoms with Gasteiger partial charge in [0.2, 0.25) is 10.0 Å². The molecular weight excluding hydrogens is 390 g/mol. The molecule has 7 nitrogen and oxygen atoms in total. The maximum absolute atomic E-state index is 13.0. The first-order chi connectivity index (χ1) is 13.7. The van der Waals surface area contributed by atoms with Crippen molar-refractivity contribution in [2.75, 3.05) is 13.1 Å². The lowest BCUT2D eigenvalue weighted by Gasteiger charge is -2.39. The Morgan fingerprint density at radius 1 is 1.21 bits per heavy atom. The summed E-state index contributed by atoms with van der Waals surface area (Å²) < 4.78 is 32.7. The first-order valence-electron chi connectivity index (χ1n) is 10.0. The molecule has 2 aromatic rings. The number of rotatable bonds is 5. The SMILES string of the molecule is Cc1ccc(S(=O)(=O)N2C[C@H]3C[C@H](NC(=O)c4c(C(C)C)noc4C)[C@H]3C2)cc1. The van der Waals surface area contributed by atoms with Crippen LogP contribution in [-0.2, 0) is 10.0 Å². The van der Waals surface area contributed by atoms with Crippen LogP contribution in [0.25, 0.3) is 0 Å². The Balaban J connectivity index is 1.44. The maximum atomic E-state index is 13.0. The smallest absolute Gasteiger partial charge is 0.257 e. The summed E-state index contributed by atoms with van der Waals surface area (Å²) in [5.74, 6) is 0.840. The number of aryl methyl sites for hydroxylation is 2. The number of carbonyl (C=O) groups excluding carboxylic acids is 1. The molecular formula is C21H27N3O4S. The molecule has 1 aliphatic carbocycles. The van der Waals surface area contributed by atoms with Crippen molar-refractivity contribution in [2.24, 2.45) is 11.8 Å². The van der Waals surface area contributed by atoms with Gasteiger partial charge in [0.25, 0.3) is 5.91 Å². The van der Waals surface area contributed by atoms with Crippen LogP contribution in [0.3, 0.4) is 0 Å². The number of carbonyl (C=O) groups is 1. The molecule has 3 atom stereocenters. The lowest BCUT2D eigenvalue weighted by atomic mass is 9.71. The monoisotopic (exact) mass is 417 g/mol. The first kappa shape index (κ1) is 20.1. The van der Waals surface area contributed by atoms with E-state index in [2.05, 4.69) is 10.5 Å². The molecule has 1 saturated carbocycles. The van der Waals surface area contributed by atoms with Crippen LogP contribution >= 0.6 is 0 Å². The van der Waals surface area contributed by atoms with Gasteiger partial charge in [0.15, 0.2) is 0 Å². The van der Waals surface area contributed by atoms with Gasteiger partial charge < -0.3 is 9.84 Å². The highest BCUT2D eigenvalue weighted by atomic mass is 32.2. The summed E-state index contributed by atoms with van der Waals surface area (Å²) in [4.78, 5) is 13.2. The number of nitrogens with one attached hydrogen (secondary N) is 1. The van der Waals surface area contributed by atoms with Crippen LogP contribution in [0, 0.1) is 25.7 Å². The van der Waals surface area contributed by atoms with Crippen molar-refractivity contribution in [1.82, 2.24) is 14.8 Å². The normalized spacial score (nSPS) is 24.4. The molecule has 4 rings (SSSR count). The van der Waals surface area contributed by atoms with Crippen LogP contribution in [0.5, 0.6) is 0 Å². The second kappa shape index (κ2) is 7.25. The third kappa shape index (κ3) is 3.48. The fourth-order valence-corrected chi connectivity index (χ4v) is 5.92. The van der Waals surface area contributed by atoms with Crippen molar-refractivity contribution in [3.8, 4) is 0 Å². The molecule has 1 aliphatic heterocycles. The maximum Gasteiger partial charge on any atom is 0.257 e. The van der Waals surface area contributed by atoms with Gasteiger partial charge in [0.1, 0.15) is 11.3 Å². The Morgan fingerprint density at radius 3 is 2.55 bits per heavy atom. The number of nitrogens with zero attached hydrogens (tertiary/aromatic N) is 2. The van der Waals surface area contributed by atoms with Gasteiger partial charge in [0, 0.05) is 19.1 Å². The third-order valence-corrected chi connectivity index (χ3v) is 8.02. The van der Waals surface area contributed by atoms with Crippen LogP contribution < -0.4 is 5.32 Å². The largest absolute Gasteiger partial charge is 0.361 e. The zero-order chi connectivity index (χ0) is 20.9. The highest BCUT2D eigenvalue weighted by Gasteiger charge is 2.50. The minimum Gasteiger partial charge on any atom is -0.361 e. The highest BCUT2D eigenvalue weighted by Crippen LogP contribution is 2.43. The van der Waals surface area contributed by atoms with Gasteiger partial charge in [-0.1, -0.05) is 36.7 Å². The van der Waals surface area contributed by atoms with E-state index in [0.29, 0.717) is 35.0 Å². The van der Waals surface area contributed by atoms with Gasteiger partial charge in [-0.25, -0.2) is 8.42 Å². The number of sulfonamides is 1. The second-order valence-corrected chi connectivity index (χ2v) is 10.5. The lowest BCUT2D eigenvalue weighted by molar-refractivity contribution is 0.0830. The quantitative estimate of drug-likeness (QED) is 0.808. The van der Waals surface area contributed by atoms with E-state index in [-0.39, 0.29) is 29.7 Å². The van der Waals surface area contributed by atoms with Gasteiger partial charge in [-0.05, 0) is 50.2 Å². The minimum atomic E-state index is -3.51. The van der Waals surface area contributed by atoms with E-state index in [9.17, 15) is 13.2 Å². The van der Waals surface area contributed by atoms with E-state index in [1.807, 2.05) is 32.9 Å². The Labute approximate surface area is 171 Å². The minimum absolute atomic E-state index is 0.0277. The van der Waals surface area contributed by atoms with Gasteiger partial charge in [-0.2, -0.15) is 4.31 Å². The van der Waals surface area contributed by atoms with Gasteiger partial charge >= 0.3 is 0 Å². The number of hydrogen-bond acceptors (Lipinski definition) is 5. The van der Waals surface area contributed by atoms with E-state index in [4.69, 9.17) is 4.52 Å². The molecule has 8 heteroatoms. The average molecular weight is 418 g/mol. The molecule has 2 aliphatic rings. The molecule has 1 amide bonds. The van der Waals surface area contributed by atoms with Crippen LogP contribution in [0.4, 0.5) is 0 Å². The molecule has 0 bridgehead atoms. The zero-order valence-electron chi connectivity index (χ0n) is 17.2. The van der Waals surface area contributed by atoms with Crippen LogP contribution in [-0.4, -0.2) is 42.9 Å². The van der Waals surface area contributed by atoms with Gasteiger partial charge in [-0.15, -0.1) is 0 Å². The highest BCUT2D eigenvalue weighted by molar-refractivity contribution is 7.89. The Hall–Kier alpha value is -2.19. The van der Waals surface area contributed by atoms with Crippen LogP contribution in [0.15, 0.2) is 33.7 Å². The number of aromatic nitrogens is 1.